The van der Waals surface area contributed by atoms with Gasteiger partial charge in [-0.1, -0.05) is 37.5 Å². The number of nitrogens with one attached hydrogen (secondary N) is 1. The maximum atomic E-state index is 12.8. The van der Waals surface area contributed by atoms with Gasteiger partial charge in [-0.05, 0) is 56.5 Å². The molecule has 2 aromatic carbocycles. The summed E-state index contributed by atoms with van der Waals surface area (Å²) in [6, 6.07) is 14.8. The van der Waals surface area contributed by atoms with Crippen LogP contribution in [0, 0.1) is 0 Å². The van der Waals surface area contributed by atoms with E-state index in [0.29, 0.717) is 55.0 Å². The largest absolute Gasteiger partial charge is 0.494 e. The Bertz CT molecular complexity index is 1180. The van der Waals surface area contributed by atoms with Gasteiger partial charge < -0.3 is 19.3 Å². The van der Waals surface area contributed by atoms with Gasteiger partial charge in [-0.2, -0.15) is 0 Å². The van der Waals surface area contributed by atoms with Crippen molar-refractivity contribution in [2.45, 2.75) is 64.5 Å². The third kappa shape index (κ3) is 7.81. The van der Waals surface area contributed by atoms with E-state index >= 15 is 0 Å². The Kier molecular flexibility index (Phi) is 9.94. The summed E-state index contributed by atoms with van der Waals surface area (Å²) in [6.45, 7) is 2.74. The monoisotopic (exact) mass is 534 g/mol. The lowest BCUT2D eigenvalue weighted by atomic mass is 9.94. The Morgan fingerprint density at radius 2 is 1.85 bits per heavy atom. The average molecular weight is 535 g/mol. The number of carbonyl (C=O) groups excluding carboxylic acids is 3. The number of amides is 2. The fourth-order valence-electron chi connectivity index (χ4n) is 4.98. The number of fused-ring (bicyclic) bond motifs is 1. The highest BCUT2D eigenvalue weighted by Crippen LogP contribution is 2.30. The van der Waals surface area contributed by atoms with Gasteiger partial charge in [-0.15, -0.1) is 0 Å². The van der Waals surface area contributed by atoms with E-state index in [2.05, 4.69) is 10.3 Å². The highest BCUT2D eigenvalue weighted by atomic mass is 16.5. The number of hydrogen-bond acceptors (Lipinski definition) is 7. The lowest BCUT2D eigenvalue weighted by molar-refractivity contribution is -0.143. The molecule has 2 aliphatic rings. The van der Waals surface area contributed by atoms with Crippen molar-refractivity contribution in [2.75, 3.05) is 26.8 Å². The fourth-order valence-corrected chi connectivity index (χ4v) is 4.98. The molecule has 1 aliphatic heterocycles. The van der Waals surface area contributed by atoms with E-state index in [-0.39, 0.29) is 25.0 Å². The summed E-state index contributed by atoms with van der Waals surface area (Å²) in [5.74, 6) is 0.418. The van der Waals surface area contributed by atoms with Crippen molar-refractivity contribution in [3.05, 3.63) is 59.7 Å². The highest BCUT2D eigenvalue weighted by Gasteiger charge is 2.25. The molecule has 0 unspecified atom stereocenters. The highest BCUT2D eigenvalue weighted by molar-refractivity contribution is 6.07. The van der Waals surface area contributed by atoms with Gasteiger partial charge in [0.25, 0.3) is 5.91 Å². The van der Waals surface area contributed by atoms with Crippen LogP contribution in [0.1, 0.15) is 67.8 Å². The van der Waals surface area contributed by atoms with Gasteiger partial charge in [0.1, 0.15) is 12.3 Å². The van der Waals surface area contributed by atoms with Gasteiger partial charge in [0, 0.05) is 37.2 Å². The first-order chi connectivity index (χ1) is 18.9. The molecular formula is C30H38N4O5. The van der Waals surface area contributed by atoms with Gasteiger partial charge in [0.15, 0.2) is 0 Å². The van der Waals surface area contributed by atoms with E-state index in [1.165, 1.54) is 19.3 Å². The Morgan fingerprint density at radius 3 is 2.59 bits per heavy atom. The maximum absolute atomic E-state index is 12.8. The van der Waals surface area contributed by atoms with Crippen molar-refractivity contribution in [3.63, 3.8) is 0 Å². The minimum absolute atomic E-state index is 0.0527. The predicted octanol–water partition coefficient (Wildman–Crippen LogP) is 4.43. The van der Waals surface area contributed by atoms with E-state index in [0.717, 1.165) is 18.4 Å². The van der Waals surface area contributed by atoms with Crippen LogP contribution in [0.3, 0.4) is 0 Å². The van der Waals surface area contributed by atoms with Crippen LogP contribution in [0.25, 0.3) is 0 Å². The Morgan fingerprint density at radius 1 is 1.08 bits per heavy atom. The van der Waals surface area contributed by atoms with Gasteiger partial charge >= 0.3 is 5.97 Å². The summed E-state index contributed by atoms with van der Waals surface area (Å²) in [5, 5.41) is 2.84. The number of ether oxygens (including phenoxy) is 2. The molecule has 1 aliphatic carbocycles. The molecule has 0 spiro atoms. The molecule has 1 fully saturated rings. The molecule has 0 aromatic heterocycles. The molecule has 1 heterocycles. The van der Waals surface area contributed by atoms with E-state index in [9.17, 15) is 14.4 Å². The first-order valence-electron chi connectivity index (χ1n) is 13.8. The zero-order chi connectivity index (χ0) is 27.6. The lowest BCUT2D eigenvalue weighted by Crippen LogP contribution is -2.47. The summed E-state index contributed by atoms with van der Waals surface area (Å²) in [4.78, 5) is 45.9. The Hall–Kier alpha value is -3.88. The summed E-state index contributed by atoms with van der Waals surface area (Å²) >= 11 is 0. The zero-order valence-corrected chi connectivity index (χ0v) is 22.9. The number of esters is 1. The van der Waals surface area contributed by atoms with Crippen molar-refractivity contribution in [2.24, 2.45) is 4.99 Å². The first kappa shape index (κ1) is 28.1. The standard InChI is InChI=1S/C30H38N4O5/c1-3-38-28(36)21-34-20-23-19-25(39-18-10-15-27(35)33(2)24-13-8-5-9-14-24)16-17-26(23)31-30(34)32-29(37)22-11-6-4-7-12-22/h4,6-7,11-12,16-17,19,24H,3,5,8-10,13-15,18,20-21H2,1-2H3,(H,31,32,37). The Labute approximate surface area is 230 Å². The normalized spacial score (nSPS) is 15.1. The summed E-state index contributed by atoms with van der Waals surface area (Å²) in [7, 11) is 1.92. The van der Waals surface area contributed by atoms with E-state index in [4.69, 9.17) is 9.47 Å². The van der Waals surface area contributed by atoms with Crippen molar-refractivity contribution < 1.29 is 23.9 Å². The van der Waals surface area contributed by atoms with Crippen LogP contribution in [-0.2, 0) is 20.9 Å². The van der Waals surface area contributed by atoms with Crippen LogP contribution >= 0.6 is 0 Å². The predicted molar refractivity (Wildman–Crippen MR) is 149 cm³/mol. The molecule has 2 amide bonds. The van der Waals surface area contributed by atoms with Crippen LogP contribution in [0.15, 0.2) is 53.5 Å². The SMILES string of the molecule is CCOC(=O)CN1Cc2cc(OCCCC(=O)N(C)C3CCCCC3)ccc2N=C1NC(=O)c1ccccc1. The molecule has 0 saturated heterocycles. The maximum Gasteiger partial charge on any atom is 0.325 e. The Balaban J connectivity index is 1.37. The van der Waals surface area contributed by atoms with Crippen molar-refractivity contribution in [3.8, 4) is 5.75 Å². The molecule has 39 heavy (non-hydrogen) atoms. The molecule has 208 valence electrons. The second-order valence-electron chi connectivity index (χ2n) is 9.96. The molecule has 9 heteroatoms. The minimum atomic E-state index is -0.405. The lowest BCUT2D eigenvalue weighted by Gasteiger charge is -2.31. The van der Waals surface area contributed by atoms with E-state index in [1.807, 2.05) is 36.2 Å². The summed E-state index contributed by atoms with van der Waals surface area (Å²) in [5.41, 5.74) is 2.05. The van der Waals surface area contributed by atoms with E-state index in [1.54, 1.807) is 36.1 Å². The second-order valence-corrected chi connectivity index (χ2v) is 9.96. The number of nitrogens with zero attached hydrogens (tertiary/aromatic N) is 3. The smallest absolute Gasteiger partial charge is 0.325 e. The van der Waals surface area contributed by atoms with Gasteiger partial charge in [0.2, 0.25) is 11.9 Å². The number of carbonyl (C=O) groups is 3. The second kappa shape index (κ2) is 13.8. The van der Waals surface area contributed by atoms with Crippen LogP contribution < -0.4 is 10.1 Å². The number of aliphatic imine (C=N–C) groups is 1. The van der Waals surface area contributed by atoms with Crippen molar-refractivity contribution >= 4 is 29.4 Å². The zero-order valence-electron chi connectivity index (χ0n) is 22.9. The first-order valence-corrected chi connectivity index (χ1v) is 13.8. The molecule has 0 atom stereocenters. The summed E-state index contributed by atoms with van der Waals surface area (Å²) in [6.07, 6.45) is 6.96. The minimum Gasteiger partial charge on any atom is -0.494 e. The summed E-state index contributed by atoms with van der Waals surface area (Å²) < 4.78 is 11.1. The molecule has 0 radical (unpaired) electrons. The average Bonchev–Trinajstić information content (AvgIpc) is 2.96. The molecule has 1 saturated carbocycles. The molecule has 0 bridgehead atoms. The van der Waals surface area contributed by atoms with Gasteiger partial charge in [-0.3, -0.25) is 19.7 Å². The van der Waals surface area contributed by atoms with Crippen LogP contribution in [0.4, 0.5) is 5.69 Å². The van der Waals surface area contributed by atoms with Crippen molar-refractivity contribution in [1.29, 1.82) is 0 Å². The quantitative estimate of drug-likeness (QED) is 0.358. The number of guanidine groups is 1. The van der Waals surface area contributed by atoms with Crippen LogP contribution in [-0.4, -0.2) is 66.4 Å². The number of rotatable bonds is 10. The fraction of sp³-hybridized carbons (Fsp3) is 0.467. The number of hydrogen-bond donors (Lipinski definition) is 1. The van der Waals surface area contributed by atoms with Gasteiger partial charge in [-0.25, -0.2) is 4.99 Å². The van der Waals surface area contributed by atoms with Crippen LogP contribution in [0.2, 0.25) is 0 Å². The molecular weight excluding hydrogens is 496 g/mol. The third-order valence-corrected chi connectivity index (χ3v) is 7.14. The number of benzene rings is 2. The van der Waals surface area contributed by atoms with Crippen molar-refractivity contribution in [1.82, 2.24) is 15.1 Å². The molecule has 9 nitrogen and oxygen atoms in total. The van der Waals surface area contributed by atoms with Crippen LogP contribution in [0.5, 0.6) is 5.75 Å². The molecule has 1 N–H and O–H groups in total. The third-order valence-electron chi connectivity index (χ3n) is 7.14. The van der Waals surface area contributed by atoms with Gasteiger partial charge in [0.05, 0.1) is 18.9 Å². The molecule has 2 aromatic rings. The topological polar surface area (TPSA) is 101 Å². The van der Waals surface area contributed by atoms with E-state index < -0.39 is 5.97 Å². The molecule has 4 rings (SSSR count).